The Hall–Kier alpha value is -2.30. The van der Waals surface area contributed by atoms with E-state index in [1.807, 2.05) is 0 Å². The second-order valence-corrected chi connectivity index (χ2v) is 2.04. The SMILES string of the molecule is N#CCC(N)=O.NC(=O)C/C(N)=N/O. The normalized spacial score (nSPS) is 9.21. The fraction of sp³-hybridized carbons (Fsp3) is 0.333. The van der Waals surface area contributed by atoms with Crippen LogP contribution in [0, 0.1) is 11.3 Å². The van der Waals surface area contributed by atoms with Gasteiger partial charge >= 0.3 is 0 Å². The van der Waals surface area contributed by atoms with Crippen LogP contribution in [0.15, 0.2) is 5.16 Å². The average Bonchev–Trinajstić information content (AvgIpc) is 2.03. The molecule has 8 nitrogen and oxygen atoms in total. The maximum Gasteiger partial charge on any atom is 0.231 e. The number of oxime groups is 1. The molecule has 0 aliphatic heterocycles. The number of carbonyl (C=O) groups excluding carboxylic acids is 2. The molecule has 0 aromatic carbocycles. The number of rotatable bonds is 3. The molecule has 0 heterocycles. The molecule has 14 heavy (non-hydrogen) atoms. The van der Waals surface area contributed by atoms with E-state index in [-0.39, 0.29) is 18.7 Å². The Morgan fingerprint density at radius 2 is 1.79 bits per heavy atom. The van der Waals surface area contributed by atoms with E-state index in [1.54, 1.807) is 6.07 Å². The van der Waals surface area contributed by atoms with E-state index in [4.69, 9.17) is 16.2 Å². The first kappa shape index (κ1) is 14.2. The summed E-state index contributed by atoms with van der Waals surface area (Å²) >= 11 is 0. The zero-order valence-electron chi connectivity index (χ0n) is 7.30. The first-order valence-electron chi connectivity index (χ1n) is 3.34. The van der Waals surface area contributed by atoms with Crippen LogP contribution < -0.4 is 17.2 Å². The summed E-state index contributed by atoms with van der Waals surface area (Å²) in [4.78, 5) is 19.5. The van der Waals surface area contributed by atoms with Gasteiger partial charge in [-0.2, -0.15) is 5.26 Å². The van der Waals surface area contributed by atoms with E-state index in [0.717, 1.165) is 0 Å². The minimum absolute atomic E-state index is 0.169. The summed E-state index contributed by atoms with van der Waals surface area (Å²) in [6, 6.07) is 1.59. The lowest BCUT2D eigenvalue weighted by Gasteiger charge is -1.88. The van der Waals surface area contributed by atoms with E-state index in [9.17, 15) is 9.59 Å². The molecule has 8 heteroatoms. The lowest BCUT2D eigenvalue weighted by molar-refractivity contribution is -0.117. The maximum atomic E-state index is 9.92. The van der Waals surface area contributed by atoms with Crippen LogP contribution in [0.1, 0.15) is 12.8 Å². The molecule has 0 aromatic rings. The minimum Gasteiger partial charge on any atom is -0.409 e. The summed E-state index contributed by atoms with van der Waals surface area (Å²) in [7, 11) is 0. The van der Waals surface area contributed by atoms with Crippen molar-refractivity contribution in [3.05, 3.63) is 0 Å². The lowest BCUT2D eigenvalue weighted by Crippen LogP contribution is -2.21. The van der Waals surface area contributed by atoms with E-state index in [2.05, 4.69) is 16.6 Å². The standard InChI is InChI=1S/C3H7N3O2.C3H4N2O/c4-2(6-8)1-3(5)7;4-2-1-3(5)6/h8H,1H2,(H2,4,6)(H2,5,7);1H2,(H2,5,6). The maximum absolute atomic E-state index is 9.92. The smallest absolute Gasteiger partial charge is 0.231 e. The highest BCUT2D eigenvalue weighted by Gasteiger charge is 1.96. The Bertz CT molecular complexity index is 267. The quantitative estimate of drug-likeness (QED) is 0.179. The fourth-order valence-electron chi connectivity index (χ4n) is 0.292. The van der Waals surface area contributed by atoms with Crippen molar-refractivity contribution >= 4 is 17.6 Å². The highest BCUT2D eigenvalue weighted by molar-refractivity contribution is 5.97. The Balaban J connectivity index is 0. The molecular formula is C6H11N5O3. The molecule has 0 aliphatic rings. The molecule has 0 rings (SSSR count). The summed E-state index contributed by atoms with van der Waals surface area (Å²) < 4.78 is 0. The summed E-state index contributed by atoms with van der Waals surface area (Å²) in [5.74, 6) is -1.35. The van der Waals surface area contributed by atoms with Crippen LogP contribution in [0.4, 0.5) is 0 Å². The molecule has 0 fully saturated rings. The molecule has 0 aliphatic carbocycles. The van der Waals surface area contributed by atoms with Gasteiger partial charge in [0, 0.05) is 0 Å². The first-order chi connectivity index (χ1) is 6.43. The number of primary amides is 2. The van der Waals surface area contributed by atoms with Crippen LogP contribution in [0.3, 0.4) is 0 Å². The van der Waals surface area contributed by atoms with Crippen LogP contribution in [0.2, 0.25) is 0 Å². The topological polar surface area (TPSA) is 169 Å². The Morgan fingerprint density at radius 1 is 1.29 bits per heavy atom. The van der Waals surface area contributed by atoms with Crippen LogP contribution in [-0.4, -0.2) is 22.9 Å². The molecule has 0 radical (unpaired) electrons. The molecule has 0 atom stereocenters. The monoisotopic (exact) mass is 201 g/mol. The average molecular weight is 201 g/mol. The summed E-state index contributed by atoms with van der Waals surface area (Å²) in [6.45, 7) is 0. The number of nitriles is 1. The molecule has 0 bridgehead atoms. The Labute approximate surface area is 79.9 Å². The van der Waals surface area contributed by atoms with Crippen molar-refractivity contribution in [2.45, 2.75) is 12.8 Å². The van der Waals surface area contributed by atoms with Gasteiger partial charge in [0.25, 0.3) is 0 Å². The van der Waals surface area contributed by atoms with Gasteiger partial charge < -0.3 is 22.4 Å². The largest absolute Gasteiger partial charge is 0.409 e. The van der Waals surface area contributed by atoms with Gasteiger partial charge in [-0.3, -0.25) is 9.59 Å². The van der Waals surface area contributed by atoms with E-state index in [0.29, 0.717) is 0 Å². The summed E-state index contributed by atoms with van der Waals surface area (Å²) in [5, 5.41) is 18.0. The number of amidine groups is 1. The first-order valence-corrected chi connectivity index (χ1v) is 3.34. The van der Waals surface area contributed by atoms with Crippen molar-refractivity contribution in [1.82, 2.24) is 0 Å². The highest BCUT2D eigenvalue weighted by atomic mass is 16.4. The van der Waals surface area contributed by atoms with Gasteiger partial charge in [-0.15, -0.1) is 0 Å². The van der Waals surface area contributed by atoms with Crippen molar-refractivity contribution in [2.24, 2.45) is 22.4 Å². The van der Waals surface area contributed by atoms with Gasteiger partial charge in [0.2, 0.25) is 11.8 Å². The van der Waals surface area contributed by atoms with Crippen molar-refractivity contribution < 1.29 is 14.8 Å². The molecule has 0 unspecified atom stereocenters. The van der Waals surface area contributed by atoms with Crippen molar-refractivity contribution in [3.63, 3.8) is 0 Å². The van der Waals surface area contributed by atoms with Crippen molar-refractivity contribution in [3.8, 4) is 6.07 Å². The third-order valence-electron chi connectivity index (χ3n) is 0.737. The molecular weight excluding hydrogens is 190 g/mol. The molecule has 0 aromatic heterocycles. The third-order valence-corrected chi connectivity index (χ3v) is 0.737. The molecule has 2 amide bonds. The van der Waals surface area contributed by atoms with Crippen molar-refractivity contribution in [2.75, 3.05) is 0 Å². The predicted molar refractivity (Wildman–Crippen MR) is 46.6 cm³/mol. The van der Waals surface area contributed by atoms with Crippen LogP contribution >= 0.6 is 0 Å². The zero-order valence-corrected chi connectivity index (χ0v) is 7.30. The predicted octanol–water partition coefficient (Wildman–Crippen LogP) is -2.01. The molecule has 78 valence electrons. The van der Waals surface area contributed by atoms with Gasteiger partial charge in [-0.25, -0.2) is 0 Å². The molecule has 0 spiro atoms. The lowest BCUT2D eigenvalue weighted by atomic mass is 10.4. The number of hydrogen-bond acceptors (Lipinski definition) is 5. The van der Waals surface area contributed by atoms with Crippen molar-refractivity contribution in [1.29, 1.82) is 5.26 Å². The van der Waals surface area contributed by atoms with Crippen LogP contribution in [-0.2, 0) is 9.59 Å². The molecule has 0 saturated heterocycles. The van der Waals surface area contributed by atoms with E-state index in [1.165, 1.54) is 0 Å². The van der Waals surface area contributed by atoms with E-state index < -0.39 is 11.8 Å². The number of amides is 2. The minimum atomic E-state index is -0.611. The number of nitrogens with zero attached hydrogens (tertiary/aromatic N) is 2. The number of carbonyl (C=O) groups is 2. The Kier molecular flexibility index (Phi) is 8.94. The third kappa shape index (κ3) is 16.4. The fourth-order valence-corrected chi connectivity index (χ4v) is 0.292. The highest BCUT2D eigenvalue weighted by Crippen LogP contribution is 1.73. The van der Waals surface area contributed by atoms with Gasteiger partial charge in [-0.05, 0) is 0 Å². The van der Waals surface area contributed by atoms with Gasteiger partial charge in [0.1, 0.15) is 12.3 Å². The number of nitrogens with two attached hydrogens (primary N) is 3. The van der Waals surface area contributed by atoms with Gasteiger partial charge in [-0.1, -0.05) is 5.16 Å². The number of hydrogen-bond donors (Lipinski definition) is 4. The van der Waals surface area contributed by atoms with Crippen LogP contribution in [0.5, 0.6) is 0 Å². The second-order valence-electron chi connectivity index (χ2n) is 2.04. The second kappa shape index (κ2) is 8.79. The van der Waals surface area contributed by atoms with Crippen LogP contribution in [0.25, 0.3) is 0 Å². The summed E-state index contributed by atoms with van der Waals surface area (Å²) in [5.41, 5.74) is 14.1. The van der Waals surface area contributed by atoms with E-state index >= 15 is 0 Å². The zero-order chi connectivity index (χ0) is 11.6. The molecule has 7 N–H and O–H groups in total. The molecule has 0 saturated carbocycles. The van der Waals surface area contributed by atoms with Gasteiger partial charge in [0.15, 0.2) is 0 Å². The Morgan fingerprint density at radius 3 is 1.86 bits per heavy atom. The summed E-state index contributed by atoms with van der Waals surface area (Å²) in [6.07, 6.45) is -0.378. The van der Waals surface area contributed by atoms with Gasteiger partial charge in [0.05, 0.1) is 12.5 Å².